The van der Waals surface area contributed by atoms with Gasteiger partial charge in [-0.25, -0.2) is 8.78 Å². The zero-order valence-corrected chi connectivity index (χ0v) is 25.9. The summed E-state index contributed by atoms with van der Waals surface area (Å²) in [5.41, 5.74) is -0.745. The van der Waals surface area contributed by atoms with E-state index in [1.807, 2.05) is 0 Å². The van der Waals surface area contributed by atoms with E-state index in [-0.39, 0.29) is 50.0 Å². The van der Waals surface area contributed by atoms with E-state index in [1.165, 1.54) is 30.3 Å². The van der Waals surface area contributed by atoms with Gasteiger partial charge >= 0.3 is 0 Å². The zero-order valence-electron chi connectivity index (χ0n) is 21.3. The lowest BCUT2D eigenvalue weighted by molar-refractivity contribution is -0.135. The van der Waals surface area contributed by atoms with Gasteiger partial charge in [0.2, 0.25) is 11.8 Å². The summed E-state index contributed by atoms with van der Waals surface area (Å²) in [6.07, 6.45) is -0.0300. The summed E-state index contributed by atoms with van der Waals surface area (Å²) in [6.45, 7) is 0. The van der Waals surface area contributed by atoms with Crippen LogP contribution in [0.4, 0.5) is 25.8 Å². The van der Waals surface area contributed by atoms with E-state index in [4.69, 9.17) is 69.6 Å². The van der Waals surface area contributed by atoms with Crippen molar-refractivity contribution in [2.75, 3.05) is 16.0 Å². The van der Waals surface area contributed by atoms with E-state index in [9.17, 15) is 23.6 Å². The van der Waals surface area contributed by atoms with E-state index in [0.29, 0.717) is 5.56 Å². The van der Waals surface area contributed by atoms with Crippen LogP contribution in [0.1, 0.15) is 34.7 Å². The Hall–Kier alpha value is -2.66. The third kappa shape index (κ3) is 6.30. The summed E-state index contributed by atoms with van der Waals surface area (Å²) in [4.78, 5) is 49.6. The fourth-order valence-corrected chi connectivity index (χ4v) is 6.32. The summed E-state index contributed by atoms with van der Waals surface area (Å²) in [7, 11) is 0. The lowest BCUT2D eigenvalue weighted by atomic mass is 9.83. The Morgan fingerprint density at radius 2 is 1.47 bits per heavy atom. The van der Waals surface area contributed by atoms with Crippen LogP contribution in [-0.4, -0.2) is 27.8 Å². The number of benzene rings is 3. The average molecular weight is 710 g/mol. The highest BCUT2D eigenvalue weighted by Gasteiger charge is 2.67. The summed E-state index contributed by atoms with van der Waals surface area (Å²) < 4.78 is 28.0. The lowest BCUT2D eigenvalue weighted by Gasteiger charge is -2.23. The minimum Gasteiger partial charge on any atom is -0.326 e. The number of halogens is 8. The molecule has 0 spiro atoms. The molecule has 0 aliphatic heterocycles. The van der Waals surface area contributed by atoms with E-state index < -0.39 is 62.8 Å². The Labute approximate surface area is 273 Å². The Morgan fingerprint density at radius 3 is 2.09 bits per heavy atom. The Bertz CT molecular complexity index is 1690. The number of anilines is 3. The first-order valence-electron chi connectivity index (χ1n) is 12.4. The Morgan fingerprint density at radius 1 is 0.814 bits per heavy atom. The van der Waals surface area contributed by atoms with Crippen molar-refractivity contribution in [3.05, 3.63) is 85.3 Å². The van der Waals surface area contributed by atoms with Crippen LogP contribution in [0, 0.1) is 23.5 Å². The van der Waals surface area contributed by atoms with Gasteiger partial charge in [0.15, 0.2) is 5.82 Å². The van der Waals surface area contributed by atoms with Gasteiger partial charge < -0.3 is 16.0 Å². The maximum Gasteiger partial charge on any atom is 0.257 e. The molecule has 15 heteroatoms. The number of amides is 3. The average Bonchev–Trinajstić information content (AvgIpc) is 3.51. The fourth-order valence-electron chi connectivity index (χ4n) is 4.67. The van der Waals surface area contributed by atoms with Gasteiger partial charge in [0, 0.05) is 24.4 Å². The predicted molar refractivity (Wildman–Crippen MR) is 163 cm³/mol. The molecule has 2 fully saturated rings. The standard InChI is InChI=1S/C28H17Cl6F2N3O4/c29-15-2-1-12(37-27(43)21-20(28(21,33)34)10-7-16(30)22(32)17(31)8-10)9-14(15)26(42)38-19-4-3-18(35)24(23(19)36)39-25(41)11-5-13(40)6-11/h1-4,7-9,11,20-21H,5-6H2,(H,37,43)(H,38,42)(H,39,41)/t20-,21?/m0/s1. The predicted octanol–water partition coefficient (Wildman–Crippen LogP) is 8.27. The summed E-state index contributed by atoms with van der Waals surface area (Å²) >= 11 is 37.3. The highest BCUT2D eigenvalue weighted by molar-refractivity contribution is 6.54. The van der Waals surface area contributed by atoms with Crippen LogP contribution in [-0.2, 0) is 14.4 Å². The number of carbonyl (C=O) groups excluding carboxylic acids is 4. The molecule has 0 heterocycles. The molecule has 7 nitrogen and oxygen atoms in total. The molecule has 2 saturated carbocycles. The summed E-state index contributed by atoms with van der Waals surface area (Å²) in [5, 5.41) is 7.47. The molecule has 2 aliphatic rings. The molecule has 2 atom stereocenters. The molecule has 1 unspecified atom stereocenters. The molecule has 3 aromatic carbocycles. The zero-order chi connectivity index (χ0) is 31.4. The molecule has 2 aliphatic carbocycles. The van der Waals surface area contributed by atoms with Crippen molar-refractivity contribution in [2.24, 2.45) is 11.8 Å². The molecule has 3 N–H and O–H groups in total. The molecule has 0 bridgehead atoms. The smallest absolute Gasteiger partial charge is 0.257 e. The number of nitrogens with one attached hydrogen (secondary N) is 3. The molecule has 43 heavy (non-hydrogen) atoms. The van der Waals surface area contributed by atoms with Gasteiger partial charge in [0.1, 0.15) is 21.6 Å². The SMILES string of the molecule is O=C1CC(C(=O)Nc2c(F)ccc(NC(=O)c3cc(NC(=O)C4[C@H](c5cc(Cl)c(Cl)c(Cl)c5)C4(Cl)Cl)ccc3Cl)c2F)C1. The highest BCUT2D eigenvalue weighted by Crippen LogP contribution is 2.65. The molecule has 0 aromatic heterocycles. The van der Waals surface area contributed by atoms with Gasteiger partial charge in [-0.15, -0.1) is 23.2 Å². The second kappa shape index (κ2) is 12.0. The second-order valence-electron chi connectivity index (χ2n) is 9.98. The van der Waals surface area contributed by atoms with Crippen LogP contribution in [0.2, 0.25) is 20.1 Å². The van der Waals surface area contributed by atoms with Crippen molar-refractivity contribution >= 4 is 110 Å². The maximum absolute atomic E-state index is 15.1. The molecule has 224 valence electrons. The molecular formula is C28H17Cl6F2N3O4. The number of alkyl halides is 2. The summed E-state index contributed by atoms with van der Waals surface area (Å²) in [5.74, 6) is -6.91. The van der Waals surface area contributed by atoms with Gasteiger partial charge in [-0.05, 0) is 48.0 Å². The van der Waals surface area contributed by atoms with Crippen LogP contribution in [0.3, 0.4) is 0 Å². The third-order valence-corrected chi connectivity index (χ3v) is 9.55. The molecule has 0 radical (unpaired) electrons. The molecule has 3 aromatic rings. The van der Waals surface area contributed by atoms with Crippen molar-refractivity contribution in [1.82, 2.24) is 0 Å². The van der Waals surface area contributed by atoms with Gasteiger partial charge in [-0.2, -0.15) is 0 Å². The minimum absolute atomic E-state index is 0.0150. The van der Waals surface area contributed by atoms with Crippen molar-refractivity contribution in [3.8, 4) is 0 Å². The highest BCUT2D eigenvalue weighted by atomic mass is 35.5. The third-order valence-electron chi connectivity index (χ3n) is 7.09. The number of carbonyl (C=O) groups is 4. The van der Waals surface area contributed by atoms with Crippen molar-refractivity contribution < 1.29 is 28.0 Å². The van der Waals surface area contributed by atoms with Crippen molar-refractivity contribution in [3.63, 3.8) is 0 Å². The normalized spacial score (nSPS) is 18.9. The summed E-state index contributed by atoms with van der Waals surface area (Å²) in [6, 6.07) is 8.84. The maximum atomic E-state index is 15.1. The first-order chi connectivity index (χ1) is 20.2. The quantitative estimate of drug-likeness (QED) is 0.170. The van der Waals surface area contributed by atoms with E-state index >= 15 is 4.39 Å². The number of ketones is 1. The van der Waals surface area contributed by atoms with Crippen LogP contribution in [0.15, 0.2) is 42.5 Å². The van der Waals surface area contributed by atoms with E-state index in [0.717, 1.165) is 12.1 Å². The largest absolute Gasteiger partial charge is 0.326 e. The number of Topliss-reactive ketones (excluding diaryl/α,β-unsaturated/α-hetero) is 1. The molecule has 3 amide bonds. The Kier molecular flexibility index (Phi) is 8.88. The molecular weight excluding hydrogens is 693 g/mol. The van der Waals surface area contributed by atoms with E-state index in [2.05, 4.69) is 16.0 Å². The lowest BCUT2D eigenvalue weighted by Crippen LogP contribution is -2.35. The molecule has 0 saturated heterocycles. The van der Waals surface area contributed by atoms with E-state index in [1.54, 1.807) is 0 Å². The Balaban J connectivity index is 1.31. The number of hydrogen-bond acceptors (Lipinski definition) is 4. The van der Waals surface area contributed by atoms with Gasteiger partial charge in [0.25, 0.3) is 5.91 Å². The first-order valence-corrected chi connectivity index (χ1v) is 14.7. The topological polar surface area (TPSA) is 104 Å². The van der Waals surface area contributed by atoms with Crippen LogP contribution >= 0.6 is 69.6 Å². The minimum atomic E-state index is -1.49. The van der Waals surface area contributed by atoms with Gasteiger partial charge in [-0.1, -0.05) is 46.4 Å². The van der Waals surface area contributed by atoms with Crippen LogP contribution in [0.5, 0.6) is 0 Å². The van der Waals surface area contributed by atoms with Gasteiger partial charge in [-0.3, -0.25) is 19.2 Å². The van der Waals surface area contributed by atoms with Crippen molar-refractivity contribution in [1.29, 1.82) is 0 Å². The van der Waals surface area contributed by atoms with Crippen LogP contribution in [0.25, 0.3) is 0 Å². The second-order valence-corrected chi connectivity index (χ2v) is 13.0. The number of hydrogen-bond donors (Lipinski definition) is 3. The van der Waals surface area contributed by atoms with Crippen LogP contribution < -0.4 is 16.0 Å². The fraction of sp³-hybridized carbons (Fsp3) is 0.214. The van der Waals surface area contributed by atoms with Gasteiger partial charge in [0.05, 0.1) is 43.2 Å². The monoisotopic (exact) mass is 707 g/mol. The number of rotatable bonds is 7. The first kappa shape index (κ1) is 31.8. The molecule has 5 rings (SSSR count). The van der Waals surface area contributed by atoms with Crippen molar-refractivity contribution in [2.45, 2.75) is 23.1 Å².